The molecule has 2 aromatic heterocycles. The molecule has 4 aromatic carbocycles. The van der Waals surface area contributed by atoms with E-state index in [4.69, 9.17) is 9.72 Å². The lowest BCUT2D eigenvalue weighted by Crippen LogP contribution is -2.04. The highest BCUT2D eigenvalue weighted by Gasteiger charge is 2.11. The van der Waals surface area contributed by atoms with E-state index >= 15 is 0 Å². The largest absolute Gasteiger partial charge is 0.491 e. The highest BCUT2D eigenvalue weighted by molar-refractivity contribution is 6.08. The smallest absolute Gasteiger partial charge is 0.142 e. The van der Waals surface area contributed by atoms with Gasteiger partial charge in [-0.1, -0.05) is 66.7 Å². The van der Waals surface area contributed by atoms with Crippen molar-refractivity contribution in [2.24, 2.45) is 0 Å². The lowest BCUT2D eigenvalue weighted by atomic mass is 10.1. The van der Waals surface area contributed by atoms with Gasteiger partial charge in [0.25, 0.3) is 0 Å². The van der Waals surface area contributed by atoms with Crippen LogP contribution in [0, 0.1) is 0 Å². The van der Waals surface area contributed by atoms with Gasteiger partial charge in [0.15, 0.2) is 0 Å². The molecule has 0 saturated heterocycles. The van der Waals surface area contributed by atoms with Crippen molar-refractivity contribution < 1.29 is 10.2 Å². The van der Waals surface area contributed by atoms with E-state index in [0.717, 1.165) is 81.3 Å². The summed E-state index contributed by atoms with van der Waals surface area (Å²) >= 11 is 0. The second kappa shape index (κ2) is 15.1. The number of aromatic nitrogens is 2. The first kappa shape index (κ1) is 31.4. The number of benzene rings is 4. The second-order valence-corrected chi connectivity index (χ2v) is 9.35. The summed E-state index contributed by atoms with van der Waals surface area (Å²) in [6, 6.07) is 34.9. The molecule has 0 aliphatic rings. The Morgan fingerprint density at radius 2 is 1.20 bits per heavy atom. The summed E-state index contributed by atoms with van der Waals surface area (Å²) in [6.07, 6.45) is 5.02. The lowest BCUT2D eigenvalue weighted by Gasteiger charge is -2.16. The minimum Gasteiger partial charge on any atom is -0.491 e. The summed E-state index contributed by atoms with van der Waals surface area (Å²) in [7, 11) is 0. The number of fused-ring (bicyclic) bond motifs is 3. The van der Waals surface area contributed by atoms with Crippen LogP contribution in [0.5, 0.6) is 5.75 Å². The number of halogens is 2. The first-order valence-corrected chi connectivity index (χ1v) is 13.2. The number of anilines is 3. The van der Waals surface area contributed by atoms with Crippen LogP contribution in [0.25, 0.3) is 32.7 Å². The van der Waals surface area contributed by atoms with Crippen molar-refractivity contribution in [2.45, 2.75) is 19.3 Å². The monoisotopic (exact) mass is 588 g/mol. The van der Waals surface area contributed by atoms with Crippen molar-refractivity contribution in [3.05, 3.63) is 109 Å². The standard InChI is InChI=1S/C33H30N4O.2ClH.H2O/c1(10-21-34-28-20-22-35-27-15-5-2-12-24(27)28)11-23-38-32-19-9-8-18-31(32)37-33-25-13-3-6-16-29(25)36-30-17-7-4-14-26(30)33;;;/h2-9,12-20,22H,1,10-11,21,23H2,(H,34,35)(H,36,37);2*1H;1H2. The summed E-state index contributed by atoms with van der Waals surface area (Å²) in [4.78, 5) is 9.28. The number of ether oxygens (including phenoxy) is 1. The van der Waals surface area contributed by atoms with Gasteiger partial charge in [-0.2, -0.15) is 0 Å². The fraction of sp³-hybridized carbons (Fsp3) is 0.152. The molecule has 0 unspecified atom stereocenters. The Labute approximate surface area is 252 Å². The van der Waals surface area contributed by atoms with E-state index < -0.39 is 0 Å². The maximum Gasteiger partial charge on any atom is 0.142 e. The summed E-state index contributed by atoms with van der Waals surface area (Å²) in [5, 5.41) is 10.6. The van der Waals surface area contributed by atoms with Crippen molar-refractivity contribution in [1.82, 2.24) is 9.97 Å². The third-order valence-corrected chi connectivity index (χ3v) is 6.78. The van der Waals surface area contributed by atoms with Crippen molar-refractivity contribution in [2.75, 3.05) is 23.8 Å². The molecule has 0 atom stereocenters. The van der Waals surface area contributed by atoms with E-state index in [-0.39, 0.29) is 30.3 Å². The molecule has 8 heteroatoms. The molecule has 6 aromatic rings. The van der Waals surface area contributed by atoms with Crippen LogP contribution in [0.2, 0.25) is 0 Å². The molecule has 2 heterocycles. The number of nitrogens with one attached hydrogen (secondary N) is 2. The van der Waals surface area contributed by atoms with Crippen molar-refractivity contribution >= 4 is 74.6 Å². The molecule has 6 nitrogen and oxygen atoms in total. The topological polar surface area (TPSA) is 90.6 Å². The number of para-hydroxylation sites is 5. The van der Waals surface area contributed by atoms with Gasteiger partial charge in [0.05, 0.1) is 34.5 Å². The molecule has 6 rings (SSSR count). The number of nitrogens with zero attached hydrogens (tertiary/aromatic N) is 2. The molecule has 0 bridgehead atoms. The Hall–Kier alpha value is -4.10. The van der Waals surface area contributed by atoms with E-state index in [1.54, 1.807) is 0 Å². The first-order chi connectivity index (χ1) is 18.9. The highest BCUT2D eigenvalue weighted by atomic mass is 35.5. The summed E-state index contributed by atoms with van der Waals surface area (Å²) in [5.41, 5.74) is 6.12. The van der Waals surface area contributed by atoms with Gasteiger partial charge in [0.2, 0.25) is 0 Å². The van der Waals surface area contributed by atoms with Crippen LogP contribution in [0.4, 0.5) is 17.1 Å². The Morgan fingerprint density at radius 1 is 0.585 bits per heavy atom. The molecule has 0 saturated carbocycles. The second-order valence-electron chi connectivity index (χ2n) is 9.35. The average Bonchev–Trinajstić information content (AvgIpc) is 2.97. The zero-order chi connectivity index (χ0) is 25.6. The molecule has 212 valence electrons. The Balaban J connectivity index is 0.00000154. The summed E-state index contributed by atoms with van der Waals surface area (Å²) < 4.78 is 6.25. The molecule has 0 amide bonds. The third-order valence-electron chi connectivity index (χ3n) is 6.78. The van der Waals surface area contributed by atoms with Gasteiger partial charge in [0.1, 0.15) is 5.75 Å². The number of hydrogen-bond acceptors (Lipinski definition) is 5. The Kier molecular flexibility index (Phi) is 11.5. The van der Waals surface area contributed by atoms with Gasteiger partial charge in [0, 0.05) is 34.6 Å². The van der Waals surface area contributed by atoms with E-state index in [1.807, 2.05) is 54.7 Å². The minimum atomic E-state index is 0. The van der Waals surface area contributed by atoms with Crippen LogP contribution in [0.3, 0.4) is 0 Å². The third kappa shape index (κ3) is 7.16. The van der Waals surface area contributed by atoms with Crippen LogP contribution in [0.1, 0.15) is 19.3 Å². The summed E-state index contributed by atoms with van der Waals surface area (Å²) in [6.45, 7) is 1.60. The molecule has 0 aliphatic carbocycles. The van der Waals surface area contributed by atoms with Crippen LogP contribution >= 0.6 is 24.8 Å². The number of hydrogen-bond donors (Lipinski definition) is 2. The van der Waals surface area contributed by atoms with Gasteiger partial charge in [-0.3, -0.25) is 4.98 Å². The first-order valence-electron chi connectivity index (χ1n) is 13.2. The number of pyridine rings is 2. The Bertz CT molecular complexity index is 1650. The quantitative estimate of drug-likeness (QED) is 0.124. The van der Waals surface area contributed by atoms with Crippen LogP contribution in [-0.2, 0) is 0 Å². The minimum absolute atomic E-state index is 0. The zero-order valence-electron chi connectivity index (χ0n) is 22.5. The van der Waals surface area contributed by atoms with Gasteiger partial charge in [-0.25, -0.2) is 4.98 Å². The maximum absolute atomic E-state index is 6.25. The fourth-order valence-electron chi connectivity index (χ4n) is 4.86. The molecule has 0 aliphatic heterocycles. The van der Waals surface area contributed by atoms with Crippen LogP contribution in [0.15, 0.2) is 109 Å². The van der Waals surface area contributed by atoms with Crippen molar-refractivity contribution in [3.63, 3.8) is 0 Å². The molecule has 0 spiro atoms. The van der Waals surface area contributed by atoms with Gasteiger partial charge < -0.3 is 20.8 Å². The van der Waals surface area contributed by atoms with E-state index in [9.17, 15) is 0 Å². The van der Waals surface area contributed by atoms with Gasteiger partial charge in [-0.15, -0.1) is 24.8 Å². The van der Waals surface area contributed by atoms with Crippen LogP contribution < -0.4 is 15.4 Å². The molecular formula is C33H34Cl2N4O2. The number of unbranched alkanes of at least 4 members (excludes halogenated alkanes) is 2. The zero-order valence-corrected chi connectivity index (χ0v) is 24.2. The molecular weight excluding hydrogens is 555 g/mol. The molecule has 41 heavy (non-hydrogen) atoms. The molecule has 0 radical (unpaired) electrons. The highest BCUT2D eigenvalue weighted by Crippen LogP contribution is 2.36. The van der Waals surface area contributed by atoms with E-state index in [2.05, 4.69) is 70.2 Å². The van der Waals surface area contributed by atoms with Gasteiger partial charge >= 0.3 is 0 Å². The van der Waals surface area contributed by atoms with Crippen molar-refractivity contribution in [1.29, 1.82) is 0 Å². The Morgan fingerprint density at radius 3 is 1.93 bits per heavy atom. The lowest BCUT2D eigenvalue weighted by molar-refractivity contribution is 0.307. The summed E-state index contributed by atoms with van der Waals surface area (Å²) in [5.74, 6) is 0.860. The van der Waals surface area contributed by atoms with E-state index in [0.29, 0.717) is 6.61 Å². The van der Waals surface area contributed by atoms with Crippen LogP contribution in [-0.4, -0.2) is 28.6 Å². The predicted octanol–water partition coefficient (Wildman–Crippen LogP) is 8.36. The SMILES string of the molecule is Cl.Cl.O.c1ccc(OCCCCCNc2ccnc3ccccc23)c(Nc2c3ccccc3nc3ccccc23)c1. The van der Waals surface area contributed by atoms with Crippen molar-refractivity contribution in [3.8, 4) is 5.75 Å². The number of rotatable bonds is 10. The van der Waals surface area contributed by atoms with Gasteiger partial charge in [-0.05, 0) is 55.7 Å². The normalized spacial score (nSPS) is 10.3. The van der Waals surface area contributed by atoms with E-state index in [1.165, 1.54) is 0 Å². The molecule has 0 fully saturated rings. The fourth-order valence-corrected chi connectivity index (χ4v) is 4.86. The predicted molar refractivity (Wildman–Crippen MR) is 177 cm³/mol. The average molecular weight is 590 g/mol. The maximum atomic E-state index is 6.25. The molecule has 4 N–H and O–H groups in total.